The van der Waals surface area contributed by atoms with E-state index in [2.05, 4.69) is 6.92 Å². The number of methoxy groups -OCH3 is 1. The predicted octanol–water partition coefficient (Wildman–Crippen LogP) is 1.62. The lowest BCUT2D eigenvalue weighted by molar-refractivity contribution is -0.0183. The first-order valence-electron chi connectivity index (χ1n) is 5.38. The van der Waals surface area contributed by atoms with Crippen molar-refractivity contribution in [3.8, 4) is 11.5 Å². The highest BCUT2D eigenvalue weighted by Gasteiger charge is 2.21. The van der Waals surface area contributed by atoms with Crippen molar-refractivity contribution >= 4 is 0 Å². The average Bonchev–Trinajstić information content (AvgIpc) is 2.36. The molecule has 1 unspecified atom stereocenters. The van der Waals surface area contributed by atoms with Gasteiger partial charge in [-0.05, 0) is 24.1 Å². The molecular weight excluding hydrogens is 206 g/mol. The van der Waals surface area contributed by atoms with Gasteiger partial charge in [0.1, 0.15) is 11.5 Å². The smallest absolute Gasteiger partial charge is 0.189 e. The molecule has 16 heavy (non-hydrogen) atoms. The fourth-order valence-electron chi connectivity index (χ4n) is 1.89. The number of hydrogen-bond donors (Lipinski definition) is 1. The molecule has 4 nitrogen and oxygen atoms in total. The Hall–Kier alpha value is -1.26. The summed E-state index contributed by atoms with van der Waals surface area (Å²) in [5.41, 5.74) is 7.79. The van der Waals surface area contributed by atoms with Crippen LogP contribution in [0.1, 0.15) is 24.0 Å². The van der Waals surface area contributed by atoms with E-state index < -0.39 is 0 Å². The molecule has 0 aliphatic carbocycles. The van der Waals surface area contributed by atoms with E-state index in [-0.39, 0.29) is 5.92 Å². The fraction of sp³-hybridized carbons (Fsp3) is 0.500. The molecule has 1 aliphatic heterocycles. The summed E-state index contributed by atoms with van der Waals surface area (Å²) in [5.74, 6) is 1.96. The molecule has 0 saturated heterocycles. The molecule has 1 atom stereocenters. The Labute approximate surface area is 95.3 Å². The van der Waals surface area contributed by atoms with Crippen LogP contribution in [0.25, 0.3) is 0 Å². The Bertz CT molecular complexity index is 379. The van der Waals surface area contributed by atoms with Crippen LogP contribution in [0.5, 0.6) is 11.5 Å². The summed E-state index contributed by atoms with van der Waals surface area (Å²) in [5, 5.41) is 0. The van der Waals surface area contributed by atoms with Gasteiger partial charge in [-0.1, -0.05) is 13.0 Å². The zero-order chi connectivity index (χ0) is 11.5. The predicted molar refractivity (Wildman–Crippen MR) is 60.7 cm³/mol. The van der Waals surface area contributed by atoms with Gasteiger partial charge in [-0.25, -0.2) is 0 Å². The van der Waals surface area contributed by atoms with Crippen LogP contribution in [0.3, 0.4) is 0 Å². The molecule has 0 bridgehead atoms. The molecule has 88 valence electrons. The summed E-state index contributed by atoms with van der Waals surface area (Å²) in [4.78, 5) is 0. The van der Waals surface area contributed by atoms with Gasteiger partial charge < -0.3 is 19.9 Å². The fourth-order valence-corrected chi connectivity index (χ4v) is 1.89. The third-order valence-corrected chi connectivity index (χ3v) is 2.89. The van der Waals surface area contributed by atoms with Gasteiger partial charge in [0.15, 0.2) is 6.79 Å². The Morgan fingerprint density at radius 1 is 1.50 bits per heavy atom. The van der Waals surface area contributed by atoms with Crippen LogP contribution in [0, 0.1) is 0 Å². The quantitative estimate of drug-likeness (QED) is 0.846. The molecule has 1 heterocycles. The second kappa shape index (κ2) is 4.72. The molecule has 0 aromatic heterocycles. The number of rotatable bonds is 3. The summed E-state index contributed by atoms with van der Waals surface area (Å²) in [6.45, 7) is 3.51. The molecule has 4 heteroatoms. The standard InChI is InChI=1S/C12H17NO3/c1-8(5-13)9-3-4-11(14-2)10-6-15-7-16-12(9)10/h3-4,8H,5-7,13H2,1-2H3. The average molecular weight is 223 g/mol. The number of fused-ring (bicyclic) bond motifs is 1. The van der Waals surface area contributed by atoms with Gasteiger partial charge >= 0.3 is 0 Å². The molecule has 1 aliphatic rings. The first-order valence-corrected chi connectivity index (χ1v) is 5.38. The van der Waals surface area contributed by atoms with Crippen molar-refractivity contribution in [2.24, 2.45) is 5.73 Å². The second-order valence-corrected chi connectivity index (χ2v) is 3.91. The first kappa shape index (κ1) is 11.2. The summed E-state index contributed by atoms with van der Waals surface area (Å²) in [7, 11) is 1.65. The highest BCUT2D eigenvalue weighted by atomic mass is 16.7. The molecule has 0 amide bonds. The van der Waals surface area contributed by atoms with Crippen molar-refractivity contribution in [1.29, 1.82) is 0 Å². The van der Waals surface area contributed by atoms with E-state index in [4.69, 9.17) is 19.9 Å². The molecule has 0 fully saturated rings. The van der Waals surface area contributed by atoms with E-state index in [1.807, 2.05) is 12.1 Å². The van der Waals surface area contributed by atoms with E-state index in [0.29, 0.717) is 19.9 Å². The van der Waals surface area contributed by atoms with E-state index in [1.165, 1.54) is 0 Å². The Morgan fingerprint density at radius 3 is 3.00 bits per heavy atom. The summed E-state index contributed by atoms with van der Waals surface area (Å²) in [6.07, 6.45) is 0. The van der Waals surface area contributed by atoms with Crippen LogP contribution >= 0.6 is 0 Å². The lowest BCUT2D eigenvalue weighted by Crippen LogP contribution is -2.17. The maximum Gasteiger partial charge on any atom is 0.189 e. The van der Waals surface area contributed by atoms with Crippen LogP contribution in [0.15, 0.2) is 12.1 Å². The molecule has 0 radical (unpaired) electrons. The van der Waals surface area contributed by atoms with Crippen LogP contribution in [-0.2, 0) is 11.3 Å². The van der Waals surface area contributed by atoms with Gasteiger partial charge in [0, 0.05) is 0 Å². The highest BCUT2D eigenvalue weighted by molar-refractivity contribution is 5.51. The molecule has 1 aromatic rings. The van der Waals surface area contributed by atoms with Gasteiger partial charge in [-0.2, -0.15) is 0 Å². The van der Waals surface area contributed by atoms with Crippen molar-refractivity contribution < 1.29 is 14.2 Å². The highest BCUT2D eigenvalue weighted by Crippen LogP contribution is 2.38. The van der Waals surface area contributed by atoms with E-state index in [0.717, 1.165) is 22.6 Å². The number of benzene rings is 1. The van der Waals surface area contributed by atoms with Gasteiger partial charge in [-0.3, -0.25) is 0 Å². The lowest BCUT2D eigenvalue weighted by atomic mass is 9.97. The molecule has 2 N–H and O–H groups in total. The number of ether oxygens (including phenoxy) is 3. The zero-order valence-electron chi connectivity index (χ0n) is 9.66. The monoisotopic (exact) mass is 223 g/mol. The zero-order valence-corrected chi connectivity index (χ0v) is 9.66. The van der Waals surface area contributed by atoms with Gasteiger partial charge in [0.05, 0.1) is 19.3 Å². The Morgan fingerprint density at radius 2 is 2.31 bits per heavy atom. The molecular formula is C12H17NO3. The van der Waals surface area contributed by atoms with Crippen molar-refractivity contribution in [3.05, 3.63) is 23.3 Å². The maximum atomic E-state index is 5.69. The van der Waals surface area contributed by atoms with Crippen LogP contribution in [-0.4, -0.2) is 20.4 Å². The normalized spacial score (nSPS) is 16.2. The van der Waals surface area contributed by atoms with Crippen molar-refractivity contribution in [2.75, 3.05) is 20.4 Å². The Balaban J connectivity index is 2.48. The van der Waals surface area contributed by atoms with Crippen LogP contribution in [0.2, 0.25) is 0 Å². The van der Waals surface area contributed by atoms with Crippen LogP contribution < -0.4 is 15.2 Å². The topological polar surface area (TPSA) is 53.7 Å². The van der Waals surface area contributed by atoms with Crippen molar-refractivity contribution in [1.82, 2.24) is 0 Å². The van der Waals surface area contributed by atoms with E-state index in [1.54, 1.807) is 7.11 Å². The van der Waals surface area contributed by atoms with Crippen LogP contribution in [0.4, 0.5) is 0 Å². The molecule has 1 aromatic carbocycles. The number of hydrogen-bond acceptors (Lipinski definition) is 4. The third-order valence-electron chi connectivity index (χ3n) is 2.89. The minimum absolute atomic E-state index is 0.276. The third kappa shape index (κ3) is 1.86. The van der Waals surface area contributed by atoms with Gasteiger partial charge in [0.2, 0.25) is 0 Å². The van der Waals surface area contributed by atoms with Crippen molar-refractivity contribution in [3.63, 3.8) is 0 Å². The summed E-state index contributed by atoms with van der Waals surface area (Å²) < 4.78 is 16.1. The lowest BCUT2D eigenvalue weighted by Gasteiger charge is -2.24. The molecule has 2 rings (SSSR count). The van der Waals surface area contributed by atoms with E-state index in [9.17, 15) is 0 Å². The minimum Gasteiger partial charge on any atom is -0.496 e. The number of nitrogens with two attached hydrogens (primary N) is 1. The Kier molecular flexibility index (Phi) is 3.31. The van der Waals surface area contributed by atoms with Crippen molar-refractivity contribution in [2.45, 2.75) is 19.4 Å². The largest absolute Gasteiger partial charge is 0.496 e. The van der Waals surface area contributed by atoms with Gasteiger partial charge in [-0.15, -0.1) is 0 Å². The molecule has 0 spiro atoms. The van der Waals surface area contributed by atoms with Gasteiger partial charge in [0.25, 0.3) is 0 Å². The summed E-state index contributed by atoms with van der Waals surface area (Å²) >= 11 is 0. The SMILES string of the molecule is COc1ccc(C(C)CN)c2c1COCO2. The maximum absolute atomic E-state index is 5.69. The second-order valence-electron chi connectivity index (χ2n) is 3.91. The van der Waals surface area contributed by atoms with E-state index >= 15 is 0 Å². The summed E-state index contributed by atoms with van der Waals surface area (Å²) in [6, 6.07) is 3.96. The minimum atomic E-state index is 0.276. The molecule has 0 saturated carbocycles. The first-order chi connectivity index (χ1) is 7.77.